The topological polar surface area (TPSA) is 70.8 Å². The first kappa shape index (κ1) is 18.4. The molecule has 2 aliphatic heterocycles. The summed E-state index contributed by atoms with van der Waals surface area (Å²) in [6.07, 6.45) is 2.33. The van der Waals surface area contributed by atoms with E-state index in [-0.39, 0.29) is 19.1 Å². The third-order valence-electron chi connectivity index (χ3n) is 5.57. The summed E-state index contributed by atoms with van der Waals surface area (Å²) in [5.74, 6) is -0.142. The van der Waals surface area contributed by atoms with E-state index >= 15 is 0 Å². The van der Waals surface area contributed by atoms with Crippen LogP contribution in [0.3, 0.4) is 0 Å². The Hall–Kier alpha value is -1.96. The Labute approximate surface area is 159 Å². The van der Waals surface area contributed by atoms with Crippen LogP contribution < -0.4 is 0 Å². The van der Waals surface area contributed by atoms with E-state index in [1.54, 1.807) is 9.58 Å². The molecule has 146 valence electrons. The zero-order valence-corrected chi connectivity index (χ0v) is 16.1. The van der Waals surface area contributed by atoms with Crippen molar-refractivity contribution in [3.05, 3.63) is 29.5 Å². The number of carbonyl (C=O) groups excluding carboxylic acids is 1. The van der Waals surface area contributed by atoms with Crippen LogP contribution in [0.4, 0.5) is 0 Å². The molecule has 2 aromatic rings. The normalized spacial score (nSPS) is 24.5. The number of amides is 1. The molecule has 2 aliphatic rings. The molecule has 0 aliphatic carbocycles. The van der Waals surface area contributed by atoms with Gasteiger partial charge in [-0.25, -0.2) is 0 Å². The number of nitrogens with zero attached hydrogens (tertiary/aromatic N) is 4. The van der Waals surface area contributed by atoms with E-state index in [1.807, 2.05) is 32.2 Å². The van der Waals surface area contributed by atoms with Crippen LogP contribution in [0.15, 0.2) is 18.2 Å². The fraction of sp³-hybridized carbons (Fsp3) is 0.600. The van der Waals surface area contributed by atoms with E-state index in [1.165, 1.54) is 12.8 Å². The summed E-state index contributed by atoms with van der Waals surface area (Å²) in [4.78, 5) is 17.2. The summed E-state index contributed by atoms with van der Waals surface area (Å²) >= 11 is 0. The molecule has 1 atom stereocenters. The van der Waals surface area contributed by atoms with Crippen molar-refractivity contribution in [1.82, 2.24) is 19.6 Å². The molecule has 4 rings (SSSR count). The first-order chi connectivity index (χ1) is 13.0. The Morgan fingerprint density at radius 1 is 1.30 bits per heavy atom. The lowest BCUT2D eigenvalue weighted by atomic mass is 10.0. The SMILES string of the molecule is Cc1ccc2c(c1)c(C(=O)N1CCOCC(O)(CN3CCCC3)C1)nn2C. The molecule has 0 bridgehead atoms. The molecule has 27 heavy (non-hydrogen) atoms. The number of benzene rings is 1. The second-order valence-corrected chi connectivity index (χ2v) is 7.98. The lowest BCUT2D eigenvalue weighted by Crippen LogP contribution is -2.53. The summed E-state index contributed by atoms with van der Waals surface area (Å²) in [5.41, 5.74) is 1.43. The van der Waals surface area contributed by atoms with Crippen LogP contribution in [0.2, 0.25) is 0 Å². The van der Waals surface area contributed by atoms with E-state index in [0.29, 0.717) is 25.4 Å². The molecular formula is C20H28N4O3. The van der Waals surface area contributed by atoms with Crippen molar-refractivity contribution in [2.45, 2.75) is 25.4 Å². The van der Waals surface area contributed by atoms with Crippen LogP contribution in [0.5, 0.6) is 0 Å². The smallest absolute Gasteiger partial charge is 0.275 e. The van der Waals surface area contributed by atoms with Crippen LogP contribution in [-0.4, -0.2) is 82.1 Å². The van der Waals surface area contributed by atoms with Gasteiger partial charge >= 0.3 is 0 Å². The molecule has 1 unspecified atom stereocenters. The van der Waals surface area contributed by atoms with Crippen LogP contribution in [0.25, 0.3) is 10.9 Å². The van der Waals surface area contributed by atoms with Gasteiger partial charge in [-0.3, -0.25) is 9.48 Å². The van der Waals surface area contributed by atoms with Crippen molar-refractivity contribution in [2.75, 3.05) is 45.9 Å². The lowest BCUT2D eigenvalue weighted by Gasteiger charge is -2.33. The standard InChI is InChI=1S/C20H28N4O3/c1-15-5-6-17-16(11-15)18(21-22(17)2)19(25)24-9-10-27-14-20(26,13-24)12-23-7-3-4-8-23/h5-6,11,26H,3-4,7-10,12-14H2,1-2H3. The number of hydrogen-bond acceptors (Lipinski definition) is 5. The van der Waals surface area contributed by atoms with E-state index in [4.69, 9.17) is 4.74 Å². The van der Waals surface area contributed by atoms with Gasteiger partial charge in [0.1, 0.15) is 5.60 Å². The molecule has 0 radical (unpaired) electrons. The molecule has 1 N–H and O–H groups in total. The fourth-order valence-electron chi connectivity index (χ4n) is 4.23. The molecule has 1 aromatic carbocycles. The maximum absolute atomic E-state index is 13.3. The third kappa shape index (κ3) is 3.72. The summed E-state index contributed by atoms with van der Waals surface area (Å²) in [5, 5.41) is 16.5. The van der Waals surface area contributed by atoms with Crippen LogP contribution in [0.1, 0.15) is 28.9 Å². The Bertz CT molecular complexity index is 843. The predicted octanol–water partition coefficient (Wildman–Crippen LogP) is 1.18. The number of hydrogen-bond donors (Lipinski definition) is 1. The van der Waals surface area contributed by atoms with E-state index in [0.717, 1.165) is 29.6 Å². The molecule has 1 aromatic heterocycles. The molecule has 7 nitrogen and oxygen atoms in total. The van der Waals surface area contributed by atoms with Gasteiger partial charge < -0.3 is 19.6 Å². The molecule has 0 saturated carbocycles. The average Bonchev–Trinajstić information content (AvgIpc) is 3.19. The van der Waals surface area contributed by atoms with Gasteiger partial charge in [-0.1, -0.05) is 11.6 Å². The minimum absolute atomic E-state index is 0.142. The van der Waals surface area contributed by atoms with Crippen molar-refractivity contribution in [3.8, 4) is 0 Å². The number of aromatic nitrogens is 2. The summed E-state index contributed by atoms with van der Waals surface area (Å²) < 4.78 is 7.40. The second-order valence-electron chi connectivity index (χ2n) is 7.98. The molecule has 1 amide bonds. The Morgan fingerprint density at radius 2 is 2.07 bits per heavy atom. The van der Waals surface area contributed by atoms with Gasteiger partial charge in [-0.05, 0) is 45.0 Å². The number of carbonyl (C=O) groups is 1. The van der Waals surface area contributed by atoms with Crippen molar-refractivity contribution in [2.24, 2.45) is 7.05 Å². The molecule has 3 heterocycles. The highest BCUT2D eigenvalue weighted by atomic mass is 16.5. The van der Waals surface area contributed by atoms with Crippen molar-refractivity contribution >= 4 is 16.8 Å². The summed E-state index contributed by atoms with van der Waals surface area (Å²) in [7, 11) is 1.85. The van der Waals surface area contributed by atoms with E-state index in [9.17, 15) is 9.90 Å². The first-order valence-corrected chi connectivity index (χ1v) is 9.70. The van der Waals surface area contributed by atoms with Crippen molar-refractivity contribution in [3.63, 3.8) is 0 Å². The number of β-amino-alcohol motifs (C(OH)–C–C–N with tert-alkyl or cyclic N) is 1. The fourth-order valence-corrected chi connectivity index (χ4v) is 4.23. The number of rotatable bonds is 3. The molecule has 0 spiro atoms. The van der Waals surface area contributed by atoms with E-state index < -0.39 is 5.60 Å². The summed E-state index contributed by atoms with van der Waals surface area (Å²) in [6.45, 7) is 5.97. The van der Waals surface area contributed by atoms with Gasteiger partial charge in [0.15, 0.2) is 5.69 Å². The highest BCUT2D eigenvalue weighted by Gasteiger charge is 2.37. The average molecular weight is 372 g/mol. The van der Waals surface area contributed by atoms with Gasteiger partial charge in [0.05, 0.1) is 25.3 Å². The molecule has 2 saturated heterocycles. The maximum atomic E-state index is 13.3. The Balaban J connectivity index is 1.59. The van der Waals surface area contributed by atoms with Gasteiger partial charge in [0, 0.05) is 25.5 Å². The highest BCUT2D eigenvalue weighted by molar-refractivity contribution is 6.05. The first-order valence-electron chi connectivity index (χ1n) is 9.70. The number of aryl methyl sites for hydroxylation is 2. The largest absolute Gasteiger partial charge is 0.384 e. The van der Waals surface area contributed by atoms with E-state index in [2.05, 4.69) is 10.00 Å². The molecule has 7 heteroatoms. The maximum Gasteiger partial charge on any atom is 0.275 e. The third-order valence-corrected chi connectivity index (χ3v) is 5.57. The minimum atomic E-state index is -1.04. The van der Waals surface area contributed by atoms with Crippen LogP contribution >= 0.6 is 0 Å². The molecular weight excluding hydrogens is 344 g/mol. The quantitative estimate of drug-likeness (QED) is 0.876. The number of ether oxygens (including phenoxy) is 1. The predicted molar refractivity (Wildman–Crippen MR) is 103 cm³/mol. The Kier molecular flexibility index (Phi) is 4.92. The van der Waals surface area contributed by atoms with Gasteiger partial charge in [0.25, 0.3) is 5.91 Å². The van der Waals surface area contributed by atoms with Crippen LogP contribution in [0, 0.1) is 6.92 Å². The number of fused-ring (bicyclic) bond motifs is 1. The van der Waals surface area contributed by atoms with Crippen LogP contribution in [-0.2, 0) is 11.8 Å². The monoisotopic (exact) mass is 372 g/mol. The van der Waals surface area contributed by atoms with Crippen molar-refractivity contribution in [1.29, 1.82) is 0 Å². The second kappa shape index (κ2) is 7.22. The number of aliphatic hydroxyl groups is 1. The van der Waals surface area contributed by atoms with Gasteiger partial charge in [-0.15, -0.1) is 0 Å². The number of likely N-dealkylation sites (tertiary alicyclic amines) is 1. The summed E-state index contributed by atoms with van der Waals surface area (Å²) in [6, 6.07) is 6.01. The lowest BCUT2D eigenvalue weighted by molar-refractivity contribution is -0.0524. The van der Waals surface area contributed by atoms with Gasteiger partial charge in [0.2, 0.25) is 0 Å². The van der Waals surface area contributed by atoms with Gasteiger partial charge in [-0.2, -0.15) is 5.10 Å². The Morgan fingerprint density at radius 3 is 2.85 bits per heavy atom. The van der Waals surface area contributed by atoms with Crippen molar-refractivity contribution < 1.29 is 14.6 Å². The highest BCUT2D eigenvalue weighted by Crippen LogP contribution is 2.23. The zero-order valence-electron chi connectivity index (χ0n) is 16.1. The zero-order chi connectivity index (χ0) is 19.0. The molecule has 2 fully saturated rings. The minimum Gasteiger partial charge on any atom is -0.384 e.